The second kappa shape index (κ2) is 8.24. The highest BCUT2D eigenvalue weighted by Crippen LogP contribution is 2.32. The van der Waals surface area contributed by atoms with Gasteiger partial charge in [-0.15, -0.1) is 11.3 Å². The minimum atomic E-state index is -0.584. The number of amides is 1. The molecule has 0 fully saturated rings. The maximum absolute atomic E-state index is 12.4. The van der Waals surface area contributed by atoms with E-state index in [1.54, 1.807) is 35.7 Å². The Hall–Kier alpha value is -3.83. The molecular formula is C20H15N3O4S. The number of aromatic nitrogens is 1. The summed E-state index contributed by atoms with van der Waals surface area (Å²) in [5, 5.41) is 32.9. The monoisotopic (exact) mass is 393 g/mol. The lowest BCUT2D eigenvalue weighted by atomic mass is 10.1. The van der Waals surface area contributed by atoms with E-state index in [0.717, 1.165) is 0 Å². The van der Waals surface area contributed by atoms with Crippen LogP contribution in [0, 0.1) is 11.3 Å². The zero-order valence-electron chi connectivity index (χ0n) is 14.7. The van der Waals surface area contributed by atoms with Crippen LogP contribution in [0.4, 0.5) is 5.13 Å². The number of thiazole rings is 1. The van der Waals surface area contributed by atoms with Crippen LogP contribution in [0.5, 0.6) is 17.2 Å². The molecule has 140 valence electrons. The molecule has 0 aliphatic rings. The summed E-state index contributed by atoms with van der Waals surface area (Å²) >= 11 is 1.18. The Bertz CT molecular complexity index is 1100. The number of aromatic hydroxyl groups is 2. The molecule has 0 saturated heterocycles. The Morgan fingerprint density at radius 1 is 1.25 bits per heavy atom. The molecule has 3 N–H and O–H groups in total. The van der Waals surface area contributed by atoms with Crippen LogP contribution in [-0.4, -0.2) is 28.2 Å². The van der Waals surface area contributed by atoms with Crippen LogP contribution in [0.2, 0.25) is 0 Å². The van der Waals surface area contributed by atoms with Crippen molar-refractivity contribution in [1.29, 1.82) is 5.26 Å². The SMILES string of the molecule is COc1cccc(/C=C(\C#N)C(=O)Nc2nc(-c3ccc(O)c(O)c3)cs2)c1. The molecule has 0 atom stereocenters. The van der Waals surface area contributed by atoms with E-state index >= 15 is 0 Å². The van der Waals surface area contributed by atoms with Gasteiger partial charge in [-0.05, 0) is 42.0 Å². The third-order valence-electron chi connectivity index (χ3n) is 3.77. The number of nitrogens with one attached hydrogen (secondary N) is 1. The smallest absolute Gasteiger partial charge is 0.268 e. The molecule has 28 heavy (non-hydrogen) atoms. The van der Waals surface area contributed by atoms with Crippen LogP contribution in [0.1, 0.15) is 5.56 Å². The van der Waals surface area contributed by atoms with Gasteiger partial charge in [0.15, 0.2) is 16.6 Å². The van der Waals surface area contributed by atoms with Gasteiger partial charge in [0.1, 0.15) is 17.4 Å². The maximum Gasteiger partial charge on any atom is 0.268 e. The number of anilines is 1. The summed E-state index contributed by atoms with van der Waals surface area (Å²) in [5.41, 5.74) is 1.68. The van der Waals surface area contributed by atoms with Crippen LogP contribution in [0.15, 0.2) is 53.4 Å². The van der Waals surface area contributed by atoms with Gasteiger partial charge in [-0.25, -0.2) is 4.98 Å². The van der Waals surface area contributed by atoms with Gasteiger partial charge < -0.3 is 14.9 Å². The molecule has 0 aliphatic carbocycles. The minimum absolute atomic E-state index is 0.0766. The van der Waals surface area contributed by atoms with Crippen LogP contribution < -0.4 is 10.1 Å². The van der Waals surface area contributed by atoms with Gasteiger partial charge in [-0.2, -0.15) is 5.26 Å². The average molecular weight is 393 g/mol. The van der Waals surface area contributed by atoms with E-state index in [4.69, 9.17) is 4.74 Å². The van der Waals surface area contributed by atoms with Crippen molar-refractivity contribution in [3.8, 4) is 34.6 Å². The Labute approximate surface area is 164 Å². The largest absolute Gasteiger partial charge is 0.504 e. The molecule has 0 radical (unpaired) electrons. The fourth-order valence-electron chi connectivity index (χ4n) is 2.36. The number of carbonyl (C=O) groups excluding carboxylic acids is 1. The van der Waals surface area contributed by atoms with Crippen LogP contribution in [-0.2, 0) is 4.79 Å². The van der Waals surface area contributed by atoms with Gasteiger partial charge >= 0.3 is 0 Å². The number of phenols is 2. The molecule has 1 amide bonds. The Balaban J connectivity index is 1.78. The second-order valence-corrected chi connectivity index (χ2v) is 6.50. The number of nitrogens with zero attached hydrogens (tertiary/aromatic N) is 2. The molecule has 3 aromatic rings. The van der Waals surface area contributed by atoms with Crippen molar-refractivity contribution in [2.24, 2.45) is 0 Å². The Morgan fingerprint density at radius 3 is 2.79 bits per heavy atom. The summed E-state index contributed by atoms with van der Waals surface area (Å²) in [4.78, 5) is 16.7. The number of nitriles is 1. The number of hydrogen-bond donors (Lipinski definition) is 3. The van der Waals surface area contributed by atoms with Gasteiger partial charge in [-0.1, -0.05) is 12.1 Å². The summed E-state index contributed by atoms with van der Waals surface area (Å²) in [6.07, 6.45) is 1.46. The number of hydrogen-bond acceptors (Lipinski definition) is 7. The quantitative estimate of drug-likeness (QED) is 0.345. The predicted octanol–water partition coefficient (Wildman–Crippen LogP) is 3.78. The maximum atomic E-state index is 12.4. The van der Waals surface area contributed by atoms with Crippen molar-refractivity contribution in [1.82, 2.24) is 4.98 Å². The lowest BCUT2D eigenvalue weighted by Gasteiger charge is -2.03. The van der Waals surface area contributed by atoms with Crippen molar-refractivity contribution in [2.45, 2.75) is 0 Å². The zero-order chi connectivity index (χ0) is 20.1. The van der Waals surface area contributed by atoms with Crippen LogP contribution in [0.3, 0.4) is 0 Å². The van der Waals surface area contributed by atoms with Gasteiger partial charge in [0, 0.05) is 10.9 Å². The molecule has 0 saturated carbocycles. The fraction of sp³-hybridized carbons (Fsp3) is 0.0500. The Kier molecular flexibility index (Phi) is 5.58. The normalized spacial score (nSPS) is 10.9. The Morgan fingerprint density at radius 2 is 2.07 bits per heavy atom. The molecule has 1 heterocycles. The summed E-state index contributed by atoms with van der Waals surface area (Å²) < 4.78 is 5.13. The van der Waals surface area contributed by atoms with E-state index in [1.165, 1.54) is 36.7 Å². The first-order valence-electron chi connectivity index (χ1n) is 8.05. The number of rotatable bonds is 5. The highest BCUT2D eigenvalue weighted by atomic mass is 32.1. The van der Waals surface area contributed by atoms with Crippen molar-refractivity contribution < 1.29 is 19.7 Å². The van der Waals surface area contributed by atoms with Crippen LogP contribution >= 0.6 is 11.3 Å². The third kappa shape index (κ3) is 4.28. The fourth-order valence-corrected chi connectivity index (χ4v) is 3.07. The van der Waals surface area contributed by atoms with E-state index in [9.17, 15) is 20.3 Å². The molecule has 0 bridgehead atoms. The van der Waals surface area contributed by atoms with Gasteiger partial charge in [0.25, 0.3) is 5.91 Å². The van der Waals surface area contributed by atoms with Gasteiger partial charge in [-0.3, -0.25) is 10.1 Å². The molecule has 7 nitrogen and oxygen atoms in total. The molecule has 8 heteroatoms. The standard InChI is InChI=1S/C20H15N3O4S/c1-27-15-4-2-3-12(8-15)7-14(10-21)19(26)23-20-22-16(11-28-20)13-5-6-17(24)18(25)9-13/h2-9,11,24-25H,1H3,(H,22,23,26)/b14-7+. The highest BCUT2D eigenvalue weighted by molar-refractivity contribution is 7.14. The highest BCUT2D eigenvalue weighted by Gasteiger charge is 2.13. The summed E-state index contributed by atoms with van der Waals surface area (Å²) in [6.45, 7) is 0. The molecular weight excluding hydrogens is 378 g/mol. The molecule has 1 aromatic heterocycles. The minimum Gasteiger partial charge on any atom is -0.504 e. The first kappa shape index (κ1) is 18.9. The molecule has 2 aromatic carbocycles. The first-order valence-corrected chi connectivity index (χ1v) is 8.93. The van der Waals surface area contributed by atoms with Gasteiger partial charge in [0.05, 0.1) is 12.8 Å². The first-order chi connectivity index (χ1) is 13.5. The molecule has 3 rings (SSSR count). The number of carbonyl (C=O) groups is 1. The van der Waals surface area contributed by atoms with E-state index in [2.05, 4.69) is 10.3 Å². The van der Waals surface area contributed by atoms with E-state index in [1.807, 2.05) is 6.07 Å². The number of ether oxygens (including phenoxy) is 1. The van der Waals surface area contributed by atoms with E-state index in [0.29, 0.717) is 27.7 Å². The topological polar surface area (TPSA) is 115 Å². The lowest BCUT2D eigenvalue weighted by molar-refractivity contribution is -0.112. The second-order valence-electron chi connectivity index (χ2n) is 5.64. The molecule has 0 unspecified atom stereocenters. The van der Waals surface area contributed by atoms with Crippen LogP contribution in [0.25, 0.3) is 17.3 Å². The van der Waals surface area contributed by atoms with Crippen molar-refractivity contribution in [3.05, 3.63) is 59.0 Å². The average Bonchev–Trinajstić information content (AvgIpc) is 3.16. The van der Waals surface area contributed by atoms with E-state index in [-0.39, 0.29) is 17.1 Å². The number of benzene rings is 2. The van der Waals surface area contributed by atoms with E-state index < -0.39 is 5.91 Å². The molecule has 0 aliphatic heterocycles. The molecule has 0 spiro atoms. The lowest BCUT2D eigenvalue weighted by Crippen LogP contribution is -2.13. The summed E-state index contributed by atoms with van der Waals surface area (Å²) in [7, 11) is 1.54. The predicted molar refractivity (Wildman–Crippen MR) is 106 cm³/mol. The number of methoxy groups -OCH3 is 1. The van der Waals surface area contributed by atoms with Gasteiger partial charge in [0.2, 0.25) is 0 Å². The number of phenolic OH excluding ortho intramolecular Hbond substituents is 2. The van der Waals surface area contributed by atoms with Crippen molar-refractivity contribution in [2.75, 3.05) is 12.4 Å². The zero-order valence-corrected chi connectivity index (χ0v) is 15.5. The van der Waals surface area contributed by atoms with Crippen molar-refractivity contribution in [3.63, 3.8) is 0 Å². The summed E-state index contributed by atoms with van der Waals surface area (Å²) in [6, 6.07) is 13.2. The van der Waals surface area contributed by atoms with Crippen molar-refractivity contribution >= 4 is 28.5 Å². The summed E-state index contributed by atoms with van der Waals surface area (Å²) in [5.74, 6) is -0.453. The third-order valence-corrected chi connectivity index (χ3v) is 4.52.